The van der Waals surface area contributed by atoms with E-state index in [0.717, 1.165) is 0 Å². The first-order valence-electron chi connectivity index (χ1n) is 3.07. The molecule has 0 spiro atoms. The molecular weight excluding hydrogens is 238 g/mol. The predicted octanol–water partition coefficient (Wildman–Crippen LogP) is 4.77. The smallest absolute Gasteiger partial charge is 0.0679 e. The van der Waals surface area contributed by atoms with E-state index in [4.69, 9.17) is 46.4 Å². The minimum absolute atomic E-state index is 0.379. The molecule has 0 N–H and O–H groups in total. The summed E-state index contributed by atoms with van der Waals surface area (Å²) in [4.78, 5) is 0. The van der Waals surface area contributed by atoms with Crippen molar-refractivity contribution in [3.8, 4) is 0 Å². The number of hydrogen-bond donors (Lipinski definition) is 0. The highest BCUT2D eigenvalue weighted by Gasteiger charge is 2.06. The van der Waals surface area contributed by atoms with E-state index < -0.39 is 0 Å². The molecule has 1 aromatic carbocycles. The van der Waals surface area contributed by atoms with Gasteiger partial charge in [0.25, 0.3) is 0 Å². The Hall–Kier alpha value is 0.120. The van der Waals surface area contributed by atoms with Gasteiger partial charge >= 0.3 is 0 Å². The summed E-state index contributed by atoms with van der Waals surface area (Å²) >= 11 is 22.8. The monoisotopic (exact) mass is 240 g/mol. The lowest BCUT2D eigenvalue weighted by Gasteiger charge is -2.02. The molecule has 0 unspecified atom stereocenters. The molecule has 12 heavy (non-hydrogen) atoms. The lowest BCUT2D eigenvalue weighted by molar-refractivity contribution is 1.65. The number of rotatable bonds is 1. The van der Waals surface area contributed by atoms with Gasteiger partial charge in [0.1, 0.15) is 0 Å². The van der Waals surface area contributed by atoms with Crippen LogP contribution in [0.3, 0.4) is 0 Å². The van der Waals surface area contributed by atoms with Gasteiger partial charge in [0, 0.05) is 11.1 Å². The number of hydrogen-bond acceptors (Lipinski definition) is 0. The maximum atomic E-state index is 5.85. The first-order chi connectivity index (χ1) is 5.66. The minimum atomic E-state index is 0.379. The van der Waals surface area contributed by atoms with Gasteiger partial charge in [-0.25, -0.2) is 0 Å². The van der Waals surface area contributed by atoms with Gasteiger partial charge in [0.2, 0.25) is 0 Å². The molecule has 0 fully saturated rings. The van der Waals surface area contributed by atoms with E-state index in [2.05, 4.69) is 0 Å². The van der Waals surface area contributed by atoms with Crippen molar-refractivity contribution in [1.29, 1.82) is 0 Å². The molecule has 0 aromatic heterocycles. The first-order valence-corrected chi connectivity index (χ1v) is 4.64. The Morgan fingerprint density at radius 3 is 2.50 bits per heavy atom. The SMILES string of the molecule is ClC=C(Cl)c1cccc(Cl)c1Cl. The van der Waals surface area contributed by atoms with Gasteiger partial charge in [-0.05, 0) is 6.07 Å². The van der Waals surface area contributed by atoms with Crippen LogP contribution < -0.4 is 0 Å². The Bertz CT molecular complexity index is 317. The van der Waals surface area contributed by atoms with Crippen molar-refractivity contribution in [1.82, 2.24) is 0 Å². The van der Waals surface area contributed by atoms with Crippen molar-refractivity contribution in [3.05, 3.63) is 39.3 Å². The summed E-state index contributed by atoms with van der Waals surface area (Å²) in [6.45, 7) is 0. The van der Waals surface area contributed by atoms with Crippen LogP contribution in [-0.2, 0) is 0 Å². The van der Waals surface area contributed by atoms with Gasteiger partial charge < -0.3 is 0 Å². The zero-order chi connectivity index (χ0) is 9.14. The molecule has 1 rings (SSSR count). The molecule has 64 valence electrons. The largest absolute Gasteiger partial charge is 0.0913 e. The number of halogens is 4. The Balaban J connectivity index is 3.26. The Kier molecular flexibility index (Phi) is 3.73. The fourth-order valence-electron chi connectivity index (χ4n) is 0.747. The van der Waals surface area contributed by atoms with E-state index in [1.54, 1.807) is 18.2 Å². The molecule has 0 aliphatic carbocycles. The molecule has 0 heterocycles. The molecule has 4 heteroatoms. The average molecular weight is 242 g/mol. The maximum absolute atomic E-state index is 5.85. The van der Waals surface area contributed by atoms with Crippen LogP contribution in [-0.4, -0.2) is 0 Å². The third kappa shape index (κ3) is 2.08. The third-order valence-corrected chi connectivity index (χ3v) is 2.77. The van der Waals surface area contributed by atoms with Crippen LogP contribution >= 0.6 is 46.4 Å². The normalized spacial score (nSPS) is 11.8. The molecule has 0 saturated carbocycles. The summed E-state index contributed by atoms with van der Waals surface area (Å²) in [7, 11) is 0. The molecule has 0 bridgehead atoms. The van der Waals surface area contributed by atoms with Crippen LogP contribution in [0.15, 0.2) is 23.7 Å². The lowest BCUT2D eigenvalue weighted by Crippen LogP contribution is -1.79. The van der Waals surface area contributed by atoms with E-state index in [9.17, 15) is 0 Å². The van der Waals surface area contributed by atoms with E-state index in [-0.39, 0.29) is 0 Å². The second kappa shape index (κ2) is 4.38. The summed E-state index contributed by atoms with van der Waals surface area (Å²) in [6, 6.07) is 5.19. The van der Waals surface area contributed by atoms with Crippen molar-refractivity contribution in [3.63, 3.8) is 0 Å². The molecule has 0 nitrogen and oxygen atoms in total. The van der Waals surface area contributed by atoms with Crippen molar-refractivity contribution in [2.24, 2.45) is 0 Å². The third-order valence-electron chi connectivity index (χ3n) is 1.30. The van der Waals surface area contributed by atoms with Crippen LogP contribution in [0, 0.1) is 0 Å². The topological polar surface area (TPSA) is 0 Å². The van der Waals surface area contributed by atoms with Crippen molar-refractivity contribution >= 4 is 51.4 Å². The standard InChI is InChI=1S/C8H4Cl4/c9-4-7(11)5-2-1-3-6(10)8(5)12/h1-4H. The van der Waals surface area contributed by atoms with Crippen LogP contribution in [0.4, 0.5) is 0 Å². The fraction of sp³-hybridized carbons (Fsp3) is 0. The van der Waals surface area contributed by atoms with Crippen molar-refractivity contribution in [2.75, 3.05) is 0 Å². The Morgan fingerprint density at radius 1 is 1.25 bits per heavy atom. The molecule has 0 atom stereocenters. The summed E-state index contributed by atoms with van der Waals surface area (Å²) in [5.41, 5.74) is 1.89. The minimum Gasteiger partial charge on any atom is -0.0913 e. The zero-order valence-corrected chi connectivity index (χ0v) is 8.84. The van der Waals surface area contributed by atoms with Gasteiger partial charge in [-0.15, -0.1) is 0 Å². The summed E-state index contributed by atoms with van der Waals surface area (Å²) in [5, 5.41) is 1.26. The highest BCUT2D eigenvalue weighted by Crippen LogP contribution is 2.32. The summed E-state index contributed by atoms with van der Waals surface area (Å²) in [5.74, 6) is 0. The molecule has 0 amide bonds. The lowest BCUT2D eigenvalue weighted by atomic mass is 10.2. The molecular formula is C8H4Cl4. The van der Waals surface area contributed by atoms with Crippen molar-refractivity contribution in [2.45, 2.75) is 0 Å². The van der Waals surface area contributed by atoms with Gasteiger partial charge in [0.05, 0.1) is 15.1 Å². The highest BCUT2D eigenvalue weighted by molar-refractivity contribution is 6.55. The highest BCUT2D eigenvalue weighted by atomic mass is 35.5. The van der Waals surface area contributed by atoms with Crippen LogP contribution in [0.25, 0.3) is 5.03 Å². The van der Waals surface area contributed by atoms with Crippen LogP contribution in [0.1, 0.15) is 5.56 Å². The quantitative estimate of drug-likeness (QED) is 0.665. The number of benzene rings is 1. The van der Waals surface area contributed by atoms with Gasteiger partial charge in [0.15, 0.2) is 0 Å². The van der Waals surface area contributed by atoms with Gasteiger partial charge in [-0.1, -0.05) is 58.5 Å². The first kappa shape index (κ1) is 10.2. The van der Waals surface area contributed by atoms with Gasteiger partial charge in [-0.2, -0.15) is 0 Å². The van der Waals surface area contributed by atoms with Gasteiger partial charge in [-0.3, -0.25) is 0 Å². The average Bonchev–Trinajstić information content (AvgIpc) is 2.08. The molecule has 0 saturated heterocycles. The Labute approximate surface area is 90.7 Å². The maximum Gasteiger partial charge on any atom is 0.0679 e. The van der Waals surface area contributed by atoms with E-state index in [1.165, 1.54) is 5.54 Å². The fourth-order valence-corrected chi connectivity index (χ4v) is 1.47. The van der Waals surface area contributed by atoms with E-state index in [0.29, 0.717) is 20.6 Å². The summed E-state index contributed by atoms with van der Waals surface area (Å²) in [6.07, 6.45) is 0. The van der Waals surface area contributed by atoms with E-state index >= 15 is 0 Å². The second-order valence-electron chi connectivity index (χ2n) is 2.06. The van der Waals surface area contributed by atoms with Crippen molar-refractivity contribution < 1.29 is 0 Å². The molecule has 0 radical (unpaired) electrons. The Morgan fingerprint density at radius 2 is 1.92 bits per heavy atom. The second-order valence-corrected chi connectivity index (χ2v) is 3.47. The predicted molar refractivity (Wildman–Crippen MR) is 56.1 cm³/mol. The molecule has 0 aliphatic rings. The van der Waals surface area contributed by atoms with E-state index in [1.807, 2.05) is 0 Å². The summed E-state index contributed by atoms with van der Waals surface area (Å²) < 4.78 is 0. The molecule has 1 aromatic rings. The van der Waals surface area contributed by atoms with Crippen LogP contribution in [0.5, 0.6) is 0 Å². The van der Waals surface area contributed by atoms with Crippen LogP contribution in [0.2, 0.25) is 10.0 Å². The zero-order valence-electron chi connectivity index (χ0n) is 5.82. The molecule has 0 aliphatic heterocycles.